The van der Waals surface area contributed by atoms with E-state index >= 15 is 0 Å². The smallest absolute Gasteiger partial charge is 0.121 e. The Morgan fingerprint density at radius 2 is 0.909 bits per heavy atom. The van der Waals surface area contributed by atoms with E-state index in [4.69, 9.17) is 20.4 Å². The van der Waals surface area contributed by atoms with E-state index in [2.05, 4.69) is 125 Å². The maximum atomic E-state index is 4.86. The quantitative estimate of drug-likeness (QED) is 0.198. The first-order valence-corrected chi connectivity index (χ1v) is 14.8. The summed E-state index contributed by atoms with van der Waals surface area (Å²) < 4.78 is 0. The van der Waals surface area contributed by atoms with Gasteiger partial charge >= 0.3 is 0 Å². The van der Waals surface area contributed by atoms with Crippen LogP contribution < -0.4 is 0 Å². The Morgan fingerprint density at radius 3 is 1.34 bits per heavy atom. The molecule has 6 heteroatoms. The first-order chi connectivity index (χ1) is 21.4. The van der Waals surface area contributed by atoms with E-state index < -0.39 is 0 Å². The van der Waals surface area contributed by atoms with Gasteiger partial charge in [-0.25, -0.2) is 0 Å². The Morgan fingerprint density at radius 1 is 0.455 bits per heavy atom. The first kappa shape index (κ1) is 26.0. The molecule has 212 valence electrons. The van der Waals surface area contributed by atoms with Crippen LogP contribution in [-0.4, -0.2) is 30.0 Å². The molecule has 0 aliphatic carbocycles. The zero-order valence-corrected chi connectivity index (χ0v) is 25.1. The van der Waals surface area contributed by atoms with Crippen molar-refractivity contribution in [1.82, 2.24) is 30.0 Å². The molecule has 2 heterocycles. The van der Waals surface area contributed by atoms with Gasteiger partial charge in [-0.05, 0) is 97.1 Å². The maximum Gasteiger partial charge on any atom is 0.121 e. The average Bonchev–Trinajstić information content (AvgIpc) is 3.66. The molecule has 8 rings (SSSR count). The van der Waals surface area contributed by atoms with Crippen molar-refractivity contribution in [2.45, 2.75) is 27.7 Å². The molecule has 6 aromatic carbocycles. The number of aryl methyl sites for hydroxylation is 4. The molecular formula is C38H30N6. The normalized spacial score (nSPS) is 12.0. The summed E-state index contributed by atoms with van der Waals surface area (Å²) in [5.74, 6) is 0. The van der Waals surface area contributed by atoms with Crippen LogP contribution in [0.25, 0.3) is 67.1 Å². The van der Waals surface area contributed by atoms with Crippen molar-refractivity contribution in [3.63, 3.8) is 0 Å². The van der Waals surface area contributed by atoms with Gasteiger partial charge in [0.05, 0.1) is 11.4 Å². The summed E-state index contributed by atoms with van der Waals surface area (Å²) in [6.45, 7) is 8.47. The van der Waals surface area contributed by atoms with E-state index in [0.717, 1.165) is 66.5 Å². The van der Waals surface area contributed by atoms with Crippen molar-refractivity contribution in [3.8, 4) is 11.4 Å². The number of hydrogen-bond acceptors (Lipinski definition) is 4. The van der Waals surface area contributed by atoms with Crippen molar-refractivity contribution >= 4 is 55.8 Å². The highest BCUT2D eigenvalue weighted by Gasteiger charge is 2.11. The van der Waals surface area contributed by atoms with Crippen molar-refractivity contribution in [1.29, 1.82) is 0 Å². The van der Waals surface area contributed by atoms with Crippen LogP contribution in [0.4, 0.5) is 0 Å². The van der Waals surface area contributed by atoms with Crippen LogP contribution in [0, 0.1) is 27.7 Å². The number of rotatable bonds is 4. The van der Waals surface area contributed by atoms with Gasteiger partial charge in [0, 0.05) is 10.8 Å². The molecule has 0 N–H and O–H groups in total. The number of benzene rings is 6. The van der Waals surface area contributed by atoms with Gasteiger partial charge in [0.25, 0.3) is 0 Å². The minimum Gasteiger partial charge on any atom is -0.150 e. The number of hydrogen-bond donors (Lipinski definition) is 0. The molecule has 0 unspecified atom stereocenters. The summed E-state index contributed by atoms with van der Waals surface area (Å²) in [7, 11) is 0. The molecule has 0 aliphatic heterocycles. The lowest BCUT2D eigenvalue weighted by atomic mass is 10.0. The Labute approximate surface area is 254 Å². The van der Waals surface area contributed by atoms with Gasteiger partial charge in [-0.15, -0.1) is 20.4 Å². The number of aromatic nitrogens is 6. The number of nitrogens with zero attached hydrogens (tertiary/aromatic N) is 6. The third-order valence-electron chi connectivity index (χ3n) is 8.46. The highest BCUT2D eigenvalue weighted by atomic mass is 15.5. The Bertz CT molecular complexity index is 2270. The predicted octanol–water partition coefficient (Wildman–Crippen LogP) is 8.86. The summed E-state index contributed by atoms with van der Waals surface area (Å²) in [4.78, 5) is 3.48. The van der Waals surface area contributed by atoms with Crippen molar-refractivity contribution in [3.05, 3.63) is 130 Å². The molecule has 0 amide bonds. The molecule has 2 aromatic heterocycles. The van der Waals surface area contributed by atoms with Crippen LogP contribution >= 0.6 is 0 Å². The van der Waals surface area contributed by atoms with E-state index in [-0.39, 0.29) is 0 Å². The second kappa shape index (κ2) is 9.99. The first-order valence-electron chi connectivity index (χ1n) is 14.8. The fourth-order valence-electron chi connectivity index (χ4n) is 6.01. The molecule has 0 atom stereocenters. The van der Waals surface area contributed by atoms with Gasteiger partial charge in [-0.3, -0.25) is 0 Å². The molecular weight excluding hydrogens is 540 g/mol. The zero-order valence-electron chi connectivity index (χ0n) is 25.1. The van der Waals surface area contributed by atoms with E-state index in [1.54, 1.807) is 9.59 Å². The minimum atomic E-state index is 0.892. The fraction of sp³-hybridized carbons (Fsp3) is 0.105. The highest BCUT2D eigenvalue weighted by molar-refractivity contribution is 6.04. The molecule has 0 saturated carbocycles. The Hall–Kier alpha value is -5.62. The summed E-state index contributed by atoms with van der Waals surface area (Å²) in [6.07, 6.45) is 4.33. The molecule has 0 fully saturated rings. The molecule has 0 saturated heterocycles. The number of fused-ring (bicyclic) bond motifs is 6. The largest absolute Gasteiger partial charge is 0.150 e. The molecule has 6 nitrogen and oxygen atoms in total. The summed E-state index contributed by atoms with van der Waals surface area (Å²) in [5.41, 5.74) is 12.6. The topological polar surface area (TPSA) is 61.4 Å². The van der Waals surface area contributed by atoms with E-state index in [1.807, 2.05) is 12.1 Å². The van der Waals surface area contributed by atoms with E-state index in [9.17, 15) is 0 Å². The van der Waals surface area contributed by atoms with E-state index in [1.165, 1.54) is 21.9 Å². The second-order valence-corrected chi connectivity index (χ2v) is 11.7. The lowest BCUT2D eigenvalue weighted by molar-refractivity contribution is 0.765. The third kappa shape index (κ3) is 4.43. The van der Waals surface area contributed by atoms with Crippen molar-refractivity contribution in [2.24, 2.45) is 0 Å². The predicted molar refractivity (Wildman–Crippen MR) is 181 cm³/mol. The monoisotopic (exact) mass is 570 g/mol. The minimum absolute atomic E-state index is 0.892. The van der Waals surface area contributed by atoms with Crippen molar-refractivity contribution < 1.29 is 0 Å². The van der Waals surface area contributed by atoms with Crippen LogP contribution in [0.3, 0.4) is 0 Å². The maximum absolute atomic E-state index is 4.86. The lowest BCUT2D eigenvalue weighted by Gasteiger charge is -2.06. The molecule has 0 aliphatic rings. The molecule has 0 bridgehead atoms. The van der Waals surface area contributed by atoms with Crippen LogP contribution in [0.2, 0.25) is 0 Å². The zero-order chi connectivity index (χ0) is 29.9. The average molecular weight is 571 g/mol. The molecule has 0 spiro atoms. The highest BCUT2D eigenvalue weighted by Crippen LogP contribution is 2.27. The van der Waals surface area contributed by atoms with Crippen LogP contribution in [-0.2, 0) is 0 Å². The van der Waals surface area contributed by atoms with Gasteiger partial charge in [0.2, 0.25) is 0 Å². The fourth-order valence-corrected chi connectivity index (χ4v) is 6.01. The summed E-state index contributed by atoms with van der Waals surface area (Å²) >= 11 is 0. The van der Waals surface area contributed by atoms with Crippen LogP contribution in [0.15, 0.2) is 97.1 Å². The Kier molecular flexibility index (Phi) is 5.91. The Balaban J connectivity index is 1.06. The van der Waals surface area contributed by atoms with Gasteiger partial charge in [-0.1, -0.05) is 83.9 Å². The van der Waals surface area contributed by atoms with Gasteiger partial charge in [0.1, 0.15) is 22.1 Å². The lowest BCUT2D eigenvalue weighted by Crippen LogP contribution is -1.99. The van der Waals surface area contributed by atoms with Crippen molar-refractivity contribution in [2.75, 3.05) is 0 Å². The SMILES string of the molecule is Cc1ccc2c(ccc3nn(-c4ccc(C=Cc5ccc(-n6nc7ccc8cc(C)ccc8c7n6)cc5C)c(C)c4)nc32)c1. The summed E-state index contributed by atoms with van der Waals surface area (Å²) in [6, 6.07) is 33.9. The second-order valence-electron chi connectivity index (χ2n) is 11.7. The van der Waals surface area contributed by atoms with Gasteiger partial charge < -0.3 is 0 Å². The van der Waals surface area contributed by atoms with E-state index in [0.29, 0.717) is 0 Å². The van der Waals surface area contributed by atoms with Crippen LogP contribution in [0.5, 0.6) is 0 Å². The third-order valence-corrected chi connectivity index (χ3v) is 8.46. The molecule has 8 aromatic rings. The molecule has 44 heavy (non-hydrogen) atoms. The van der Waals surface area contributed by atoms with Crippen LogP contribution in [0.1, 0.15) is 33.4 Å². The summed E-state index contributed by atoms with van der Waals surface area (Å²) in [5, 5.41) is 23.9. The standard InChI is InChI=1S/C38H30N6/c1-23-5-15-33-29(19-23)11-17-35-37(33)41-43(39-35)31-13-9-27(25(3)21-31)7-8-28-10-14-32(22-26(28)4)44-40-36-18-12-30-20-24(2)6-16-34(30)38(36)42-44/h5-22H,1-4H3. The molecule has 0 radical (unpaired) electrons. The van der Waals surface area contributed by atoms with Gasteiger partial charge in [-0.2, -0.15) is 9.59 Å². The van der Waals surface area contributed by atoms with Gasteiger partial charge in [0.15, 0.2) is 0 Å².